The van der Waals surface area contributed by atoms with Crippen molar-refractivity contribution < 1.29 is 14.7 Å². The molecule has 1 atom stereocenters. The number of hydrogen-bond acceptors (Lipinski definition) is 7. The van der Waals surface area contributed by atoms with Crippen molar-refractivity contribution in [3.8, 4) is 0 Å². The lowest BCUT2D eigenvalue weighted by Gasteiger charge is -2.22. The molecule has 0 saturated carbocycles. The van der Waals surface area contributed by atoms with Crippen molar-refractivity contribution in [1.82, 2.24) is 10.2 Å². The Balaban J connectivity index is 1.54. The van der Waals surface area contributed by atoms with Crippen molar-refractivity contribution in [2.75, 3.05) is 4.90 Å². The molecule has 0 spiro atoms. The van der Waals surface area contributed by atoms with Gasteiger partial charge in [-0.15, -0.1) is 10.2 Å². The summed E-state index contributed by atoms with van der Waals surface area (Å²) in [7, 11) is 0. The smallest absolute Gasteiger partial charge is 0.301 e. The van der Waals surface area contributed by atoms with Gasteiger partial charge in [-0.3, -0.25) is 14.5 Å². The Bertz CT molecular complexity index is 1420. The molecule has 5 rings (SSSR count). The Kier molecular flexibility index (Phi) is 6.97. The zero-order valence-electron chi connectivity index (χ0n) is 19.5. The summed E-state index contributed by atoms with van der Waals surface area (Å²) in [5.74, 6) is -0.962. The van der Waals surface area contributed by atoms with E-state index >= 15 is 0 Å². The van der Waals surface area contributed by atoms with Crippen LogP contribution in [0.1, 0.15) is 35.2 Å². The third kappa shape index (κ3) is 4.69. The molecule has 1 unspecified atom stereocenters. The second-order valence-electron chi connectivity index (χ2n) is 8.26. The summed E-state index contributed by atoms with van der Waals surface area (Å²) >= 11 is 2.78. The average molecular weight is 514 g/mol. The van der Waals surface area contributed by atoms with Gasteiger partial charge in [0, 0.05) is 11.3 Å². The molecule has 1 aromatic heterocycles. The number of benzene rings is 3. The Morgan fingerprint density at radius 1 is 0.917 bits per heavy atom. The number of aliphatic hydroxyl groups excluding tert-OH is 1. The summed E-state index contributed by atoms with van der Waals surface area (Å²) in [5, 5.41) is 20.0. The van der Waals surface area contributed by atoms with Crippen molar-refractivity contribution in [3.63, 3.8) is 0 Å². The van der Waals surface area contributed by atoms with Crippen LogP contribution in [0.25, 0.3) is 5.76 Å². The van der Waals surface area contributed by atoms with Crippen molar-refractivity contribution in [1.29, 1.82) is 0 Å². The Labute approximate surface area is 217 Å². The maximum Gasteiger partial charge on any atom is 0.301 e. The molecule has 0 bridgehead atoms. The summed E-state index contributed by atoms with van der Waals surface area (Å²) in [6, 6.07) is 25.7. The molecule has 180 valence electrons. The molecule has 1 aliphatic heterocycles. The summed E-state index contributed by atoms with van der Waals surface area (Å²) in [6.45, 7) is 2.06. The van der Waals surface area contributed by atoms with Gasteiger partial charge in [-0.2, -0.15) is 0 Å². The first-order valence-electron chi connectivity index (χ1n) is 11.5. The van der Waals surface area contributed by atoms with Crippen LogP contribution >= 0.6 is 23.1 Å². The molecule has 0 aliphatic carbocycles. The van der Waals surface area contributed by atoms with Gasteiger partial charge in [0.05, 0.1) is 11.6 Å². The topological polar surface area (TPSA) is 83.4 Å². The standard InChI is InChI=1S/C28H23N3O3S2/c1-2-18-13-15-20(16-14-18)23-22(24(32)21-11-7-4-8-12-21)25(33)26(34)31(23)27-29-30-28(36-27)35-17-19-9-5-3-6-10-19/h3-16,23,32H,2,17H2,1H3/b24-22-. The van der Waals surface area contributed by atoms with Gasteiger partial charge in [0.1, 0.15) is 5.76 Å². The van der Waals surface area contributed by atoms with Gasteiger partial charge in [0.2, 0.25) is 5.13 Å². The van der Waals surface area contributed by atoms with E-state index in [4.69, 9.17) is 0 Å². The molecule has 36 heavy (non-hydrogen) atoms. The highest BCUT2D eigenvalue weighted by atomic mass is 32.2. The first-order chi connectivity index (χ1) is 17.6. The fraction of sp³-hybridized carbons (Fsp3) is 0.143. The third-order valence-electron chi connectivity index (χ3n) is 6.00. The number of aromatic nitrogens is 2. The minimum Gasteiger partial charge on any atom is -0.507 e. The summed E-state index contributed by atoms with van der Waals surface area (Å²) in [5.41, 5.74) is 3.52. The van der Waals surface area contributed by atoms with Crippen molar-refractivity contribution in [3.05, 3.63) is 113 Å². The van der Waals surface area contributed by atoms with E-state index in [1.54, 1.807) is 24.3 Å². The minimum atomic E-state index is -0.809. The second-order valence-corrected chi connectivity index (χ2v) is 10.4. The lowest BCUT2D eigenvalue weighted by molar-refractivity contribution is -0.132. The molecule has 1 saturated heterocycles. The van der Waals surface area contributed by atoms with Gasteiger partial charge < -0.3 is 5.11 Å². The van der Waals surface area contributed by atoms with Crippen LogP contribution in [0, 0.1) is 0 Å². The lowest BCUT2D eigenvalue weighted by Crippen LogP contribution is -2.29. The van der Waals surface area contributed by atoms with Crippen molar-refractivity contribution in [2.24, 2.45) is 0 Å². The normalized spacial score (nSPS) is 17.0. The molecule has 2 heterocycles. The van der Waals surface area contributed by atoms with E-state index in [1.807, 2.05) is 60.7 Å². The van der Waals surface area contributed by atoms with E-state index in [0.717, 1.165) is 23.1 Å². The van der Waals surface area contributed by atoms with E-state index in [1.165, 1.54) is 28.0 Å². The summed E-state index contributed by atoms with van der Waals surface area (Å²) in [4.78, 5) is 27.9. The molecule has 1 aliphatic rings. The Morgan fingerprint density at radius 2 is 1.58 bits per heavy atom. The highest BCUT2D eigenvalue weighted by molar-refractivity contribution is 8.00. The fourth-order valence-corrected chi connectivity index (χ4v) is 5.93. The number of aliphatic hydroxyl groups is 1. The summed E-state index contributed by atoms with van der Waals surface area (Å²) in [6.07, 6.45) is 0.864. The van der Waals surface area contributed by atoms with E-state index in [9.17, 15) is 14.7 Å². The maximum atomic E-state index is 13.3. The molecule has 4 aromatic rings. The molecular formula is C28H23N3O3S2. The number of rotatable bonds is 7. The van der Waals surface area contributed by atoms with Crippen molar-refractivity contribution in [2.45, 2.75) is 29.5 Å². The van der Waals surface area contributed by atoms with E-state index in [2.05, 4.69) is 17.1 Å². The zero-order chi connectivity index (χ0) is 25.1. The number of ketones is 1. The number of thioether (sulfide) groups is 1. The monoisotopic (exact) mass is 513 g/mol. The van der Waals surface area contributed by atoms with Crippen molar-refractivity contribution >= 4 is 45.7 Å². The van der Waals surface area contributed by atoms with E-state index in [0.29, 0.717) is 20.8 Å². The van der Waals surface area contributed by atoms with Crippen LogP contribution in [0.4, 0.5) is 5.13 Å². The number of nitrogens with zero attached hydrogens (tertiary/aromatic N) is 3. The van der Waals surface area contributed by atoms with Gasteiger partial charge >= 0.3 is 5.91 Å². The fourth-order valence-electron chi connectivity index (χ4n) is 4.11. The SMILES string of the molecule is CCc1ccc(C2/C(=C(/O)c3ccccc3)C(=O)C(=O)N2c2nnc(SCc3ccccc3)s2)cc1. The molecule has 1 N–H and O–H groups in total. The average Bonchev–Trinajstić information content (AvgIpc) is 3.50. The van der Waals surface area contributed by atoms with Gasteiger partial charge in [-0.05, 0) is 23.1 Å². The minimum absolute atomic E-state index is 0.0455. The van der Waals surface area contributed by atoms with Crippen LogP contribution in [0.2, 0.25) is 0 Å². The van der Waals surface area contributed by atoms with Crippen LogP contribution in [-0.4, -0.2) is 27.0 Å². The van der Waals surface area contributed by atoms with Crippen LogP contribution in [-0.2, 0) is 21.8 Å². The Hall–Kier alpha value is -3.75. The first kappa shape index (κ1) is 24.0. The van der Waals surface area contributed by atoms with Crippen LogP contribution in [0.15, 0.2) is 94.8 Å². The third-order valence-corrected chi connectivity index (χ3v) is 8.13. The number of amides is 1. The number of Topliss-reactive ketones (excluding diaryl/α,β-unsaturated/α-hetero) is 1. The van der Waals surface area contributed by atoms with Gasteiger partial charge in [0.25, 0.3) is 5.78 Å². The molecule has 3 aromatic carbocycles. The maximum absolute atomic E-state index is 13.3. The van der Waals surface area contributed by atoms with Crippen LogP contribution in [0.3, 0.4) is 0 Å². The second kappa shape index (κ2) is 10.5. The van der Waals surface area contributed by atoms with Crippen LogP contribution in [0.5, 0.6) is 0 Å². The van der Waals surface area contributed by atoms with Crippen LogP contribution < -0.4 is 4.90 Å². The molecule has 8 heteroatoms. The summed E-state index contributed by atoms with van der Waals surface area (Å²) < 4.78 is 0.693. The van der Waals surface area contributed by atoms with Gasteiger partial charge in [-0.25, -0.2) is 0 Å². The van der Waals surface area contributed by atoms with E-state index < -0.39 is 17.7 Å². The molecular weight excluding hydrogens is 490 g/mol. The number of carbonyl (C=O) groups is 2. The largest absolute Gasteiger partial charge is 0.507 e. The predicted octanol–water partition coefficient (Wildman–Crippen LogP) is 6.02. The van der Waals surface area contributed by atoms with Gasteiger partial charge in [0.15, 0.2) is 4.34 Å². The highest BCUT2D eigenvalue weighted by Gasteiger charge is 2.48. The Morgan fingerprint density at radius 3 is 2.25 bits per heavy atom. The molecule has 1 fully saturated rings. The molecule has 0 radical (unpaired) electrons. The first-order valence-corrected chi connectivity index (χ1v) is 13.3. The lowest BCUT2D eigenvalue weighted by atomic mass is 9.94. The van der Waals surface area contributed by atoms with Gasteiger partial charge in [-0.1, -0.05) is 115 Å². The highest BCUT2D eigenvalue weighted by Crippen LogP contribution is 2.44. The molecule has 1 amide bonds. The predicted molar refractivity (Wildman–Crippen MR) is 143 cm³/mol. The quantitative estimate of drug-likeness (QED) is 0.107. The molecule has 6 nitrogen and oxygen atoms in total. The number of carbonyl (C=O) groups excluding carboxylic acids is 2. The number of hydrogen-bond donors (Lipinski definition) is 1. The zero-order valence-corrected chi connectivity index (χ0v) is 21.1. The number of aryl methyl sites for hydroxylation is 1. The number of anilines is 1. The van der Waals surface area contributed by atoms with E-state index in [-0.39, 0.29) is 11.3 Å².